The molecule has 1 aliphatic carbocycles. The third kappa shape index (κ3) is 5.05. The fourth-order valence-corrected chi connectivity index (χ4v) is 5.21. The number of carbonyl (C=O) groups is 3. The van der Waals surface area contributed by atoms with E-state index in [9.17, 15) is 18.8 Å². The van der Waals surface area contributed by atoms with Crippen molar-refractivity contribution < 1.29 is 23.5 Å². The van der Waals surface area contributed by atoms with Crippen LogP contribution in [-0.4, -0.2) is 78.0 Å². The second-order valence-electron chi connectivity index (χ2n) is 9.47. The number of benzene rings is 1. The van der Waals surface area contributed by atoms with Gasteiger partial charge in [0.1, 0.15) is 5.82 Å². The topological polar surface area (TPSA) is 82.2 Å². The number of urea groups is 1. The van der Waals surface area contributed by atoms with Crippen molar-refractivity contribution in [1.29, 1.82) is 0 Å². The molecule has 0 aromatic heterocycles. The van der Waals surface area contributed by atoms with Gasteiger partial charge in [-0.15, -0.1) is 0 Å². The fraction of sp³-hybridized carbons (Fsp3) is 0.577. The van der Waals surface area contributed by atoms with Crippen molar-refractivity contribution in [3.63, 3.8) is 0 Å². The van der Waals surface area contributed by atoms with Crippen LogP contribution in [0.1, 0.15) is 51.6 Å². The van der Waals surface area contributed by atoms with Crippen LogP contribution < -0.4 is 5.32 Å². The van der Waals surface area contributed by atoms with E-state index in [1.54, 1.807) is 25.1 Å². The largest absolute Gasteiger partial charge is 0.463 e. The average molecular weight is 487 g/mol. The van der Waals surface area contributed by atoms with Crippen LogP contribution in [-0.2, 0) is 14.3 Å². The quantitative estimate of drug-likeness (QED) is 0.599. The minimum atomic E-state index is -0.945. The number of amides is 3. The smallest absolute Gasteiger partial charge is 0.338 e. The van der Waals surface area contributed by atoms with Crippen molar-refractivity contribution in [3.8, 4) is 0 Å². The third-order valence-corrected chi connectivity index (χ3v) is 7.29. The molecule has 0 spiro atoms. The van der Waals surface area contributed by atoms with E-state index < -0.39 is 17.8 Å². The molecule has 0 unspecified atom stereocenters. The zero-order valence-corrected chi connectivity index (χ0v) is 20.8. The summed E-state index contributed by atoms with van der Waals surface area (Å²) in [7, 11) is 0. The van der Waals surface area contributed by atoms with E-state index in [1.165, 1.54) is 11.0 Å². The van der Waals surface area contributed by atoms with Crippen molar-refractivity contribution in [1.82, 2.24) is 20.0 Å². The Morgan fingerprint density at radius 1 is 1.17 bits per heavy atom. The summed E-state index contributed by atoms with van der Waals surface area (Å²) < 4.78 is 20.1. The summed E-state index contributed by atoms with van der Waals surface area (Å²) in [6.45, 7) is 8.30. The Morgan fingerprint density at radius 3 is 2.51 bits per heavy atom. The van der Waals surface area contributed by atoms with Gasteiger partial charge in [0, 0.05) is 55.9 Å². The number of nitrogens with zero attached hydrogens (tertiary/aromatic N) is 3. The van der Waals surface area contributed by atoms with E-state index >= 15 is 0 Å². The fourth-order valence-electron chi connectivity index (χ4n) is 5.21. The Kier molecular flexibility index (Phi) is 7.74. The summed E-state index contributed by atoms with van der Waals surface area (Å²) >= 11 is 0. The number of likely N-dealkylation sites (N-methyl/N-ethyl adjacent to an activating group) is 1. The molecule has 1 aromatic rings. The molecular formula is C26H35FN4O4. The molecule has 35 heavy (non-hydrogen) atoms. The molecule has 3 aliphatic rings. The number of rotatable bonds is 7. The summed E-state index contributed by atoms with van der Waals surface area (Å²) in [5.41, 5.74) is 0.995. The van der Waals surface area contributed by atoms with Crippen molar-refractivity contribution in [2.45, 2.75) is 52.1 Å². The second-order valence-corrected chi connectivity index (χ2v) is 9.47. The molecule has 190 valence electrons. The van der Waals surface area contributed by atoms with Crippen LogP contribution in [0.4, 0.5) is 9.18 Å². The lowest BCUT2D eigenvalue weighted by atomic mass is 9.84. The lowest BCUT2D eigenvalue weighted by molar-refractivity contribution is -0.142. The predicted molar refractivity (Wildman–Crippen MR) is 129 cm³/mol. The van der Waals surface area contributed by atoms with Gasteiger partial charge in [0.05, 0.1) is 18.2 Å². The van der Waals surface area contributed by atoms with Crippen molar-refractivity contribution in [2.24, 2.45) is 5.92 Å². The number of esters is 1. The standard InChI is InChI=1S/C26H35FN4O4/c1-4-30-21(16-29-13-14-31(17(3)15-29)24(32)18-9-8-10-18)22(25(33)35-5-2)23(28-26(30)34)19-11-6-7-12-20(19)27/h6-7,11-12,17-18,23H,4-5,8-10,13-16H2,1-3H3,(H,28,34)/t17-,23+/m1/s1. The van der Waals surface area contributed by atoms with Gasteiger partial charge in [0.15, 0.2) is 0 Å². The summed E-state index contributed by atoms with van der Waals surface area (Å²) in [6.07, 6.45) is 3.06. The summed E-state index contributed by atoms with van der Waals surface area (Å²) in [5.74, 6) is -0.676. The summed E-state index contributed by atoms with van der Waals surface area (Å²) in [4.78, 5) is 44.7. The highest BCUT2D eigenvalue weighted by Gasteiger charge is 2.40. The Labute approximate surface area is 206 Å². The molecule has 9 heteroatoms. The Balaban J connectivity index is 1.64. The van der Waals surface area contributed by atoms with Gasteiger partial charge in [-0.2, -0.15) is 0 Å². The number of carbonyl (C=O) groups excluding carboxylic acids is 3. The maximum atomic E-state index is 14.8. The van der Waals surface area contributed by atoms with Gasteiger partial charge in [-0.1, -0.05) is 24.6 Å². The maximum absolute atomic E-state index is 14.8. The van der Waals surface area contributed by atoms with E-state index in [-0.39, 0.29) is 41.6 Å². The van der Waals surface area contributed by atoms with Crippen LogP contribution >= 0.6 is 0 Å². The molecule has 0 bridgehead atoms. The molecule has 2 heterocycles. The van der Waals surface area contributed by atoms with Gasteiger partial charge in [0.2, 0.25) is 5.91 Å². The molecule has 1 saturated heterocycles. The zero-order chi connectivity index (χ0) is 25.1. The number of hydrogen-bond acceptors (Lipinski definition) is 5. The SMILES string of the molecule is CCOC(=O)C1=C(CN2CCN(C(=O)C3CCC3)[C@H](C)C2)N(CC)C(=O)N[C@H]1c1ccccc1F. The Bertz CT molecular complexity index is 1010. The number of piperazine rings is 1. The lowest BCUT2D eigenvalue weighted by Gasteiger charge is -2.44. The highest BCUT2D eigenvalue weighted by atomic mass is 19.1. The van der Waals surface area contributed by atoms with Gasteiger partial charge in [-0.05, 0) is 39.7 Å². The first-order valence-corrected chi connectivity index (χ1v) is 12.6. The molecule has 1 N–H and O–H groups in total. The van der Waals surface area contributed by atoms with E-state index in [0.717, 1.165) is 19.3 Å². The molecule has 2 atom stereocenters. The van der Waals surface area contributed by atoms with E-state index in [4.69, 9.17) is 4.74 Å². The van der Waals surface area contributed by atoms with Crippen LogP contribution in [0.2, 0.25) is 0 Å². The van der Waals surface area contributed by atoms with Gasteiger partial charge >= 0.3 is 12.0 Å². The van der Waals surface area contributed by atoms with Crippen LogP contribution in [0.25, 0.3) is 0 Å². The molecule has 2 fully saturated rings. The second kappa shape index (κ2) is 10.8. The molecule has 4 rings (SSSR count). The van der Waals surface area contributed by atoms with Crippen molar-refractivity contribution in [2.75, 3.05) is 39.3 Å². The molecule has 3 amide bonds. The number of ether oxygens (including phenoxy) is 1. The van der Waals surface area contributed by atoms with Gasteiger partial charge in [-0.3, -0.25) is 14.6 Å². The first kappa shape index (κ1) is 25.2. The molecule has 1 aromatic carbocycles. The average Bonchev–Trinajstić information content (AvgIpc) is 2.78. The Morgan fingerprint density at radius 2 is 1.91 bits per heavy atom. The predicted octanol–water partition coefficient (Wildman–Crippen LogP) is 3.06. The normalized spacial score (nSPS) is 23.7. The monoisotopic (exact) mass is 486 g/mol. The Hall–Kier alpha value is -2.94. The maximum Gasteiger partial charge on any atom is 0.338 e. The first-order valence-electron chi connectivity index (χ1n) is 12.6. The van der Waals surface area contributed by atoms with Crippen LogP contribution in [0.3, 0.4) is 0 Å². The van der Waals surface area contributed by atoms with Gasteiger partial charge in [-0.25, -0.2) is 14.0 Å². The molecule has 0 radical (unpaired) electrons. The zero-order valence-electron chi connectivity index (χ0n) is 20.8. The van der Waals surface area contributed by atoms with Crippen LogP contribution in [0.15, 0.2) is 35.5 Å². The molecule has 2 aliphatic heterocycles. The highest BCUT2D eigenvalue weighted by Crippen LogP contribution is 2.34. The molecule has 8 nitrogen and oxygen atoms in total. The van der Waals surface area contributed by atoms with E-state index in [0.29, 0.717) is 38.4 Å². The summed E-state index contributed by atoms with van der Waals surface area (Å²) in [5, 5.41) is 2.80. The van der Waals surface area contributed by atoms with E-state index in [2.05, 4.69) is 10.2 Å². The van der Waals surface area contributed by atoms with Crippen LogP contribution in [0, 0.1) is 11.7 Å². The first-order chi connectivity index (χ1) is 16.8. The third-order valence-electron chi connectivity index (χ3n) is 7.29. The minimum Gasteiger partial charge on any atom is -0.463 e. The number of halogens is 1. The van der Waals surface area contributed by atoms with Gasteiger partial charge in [0.25, 0.3) is 0 Å². The lowest BCUT2D eigenvalue weighted by Crippen LogP contribution is -2.57. The number of nitrogens with one attached hydrogen (secondary N) is 1. The molecular weight excluding hydrogens is 451 g/mol. The van der Waals surface area contributed by atoms with Crippen LogP contribution in [0.5, 0.6) is 0 Å². The summed E-state index contributed by atoms with van der Waals surface area (Å²) in [6, 6.07) is 4.84. The molecule has 1 saturated carbocycles. The van der Waals surface area contributed by atoms with Crippen molar-refractivity contribution in [3.05, 3.63) is 46.9 Å². The van der Waals surface area contributed by atoms with E-state index in [1.807, 2.05) is 18.7 Å². The number of hydrogen-bond donors (Lipinski definition) is 1. The highest BCUT2D eigenvalue weighted by molar-refractivity contribution is 5.95. The minimum absolute atomic E-state index is 0.0263. The van der Waals surface area contributed by atoms with Crippen molar-refractivity contribution >= 4 is 17.9 Å². The van der Waals surface area contributed by atoms with Gasteiger partial charge < -0.3 is 15.0 Å².